The van der Waals surface area contributed by atoms with Crippen molar-refractivity contribution >= 4 is 50.5 Å². The number of rotatable bonds is 2. The maximum Gasteiger partial charge on any atom is 0.265 e. The van der Waals surface area contributed by atoms with Gasteiger partial charge in [0, 0.05) is 10.7 Å². The lowest BCUT2D eigenvalue weighted by Gasteiger charge is -2.03. The third-order valence-corrected chi connectivity index (χ3v) is 3.74. The molecule has 0 spiro atoms. The summed E-state index contributed by atoms with van der Waals surface area (Å²) in [5.41, 5.74) is 0.696. The molecule has 0 unspecified atom stereocenters. The summed E-state index contributed by atoms with van der Waals surface area (Å²) in [7, 11) is 0. The normalized spacial score (nSPS) is 10.1. The lowest BCUT2D eigenvalue weighted by Crippen LogP contribution is -2.09. The van der Waals surface area contributed by atoms with Crippen LogP contribution in [0.5, 0.6) is 0 Å². The molecule has 1 heterocycles. The Balaban J connectivity index is 2.13. The molecule has 0 aliphatic rings. The summed E-state index contributed by atoms with van der Waals surface area (Å²) in [6.45, 7) is 0. The van der Waals surface area contributed by atoms with Gasteiger partial charge < -0.3 is 5.32 Å². The zero-order valence-electron chi connectivity index (χ0n) is 8.04. The fraction of sp³-hybridized carbons (Fsp3) is 0. The zero-order valence-corrected chi connectivity index (χ0v) is 11.2. The van der Waals surface area contributed by atoms with E-state index in [1.165, 1.54) is 11.3 Å². The van der Waals surface area contributed by atoms with Crippen molar-refractivity contribution in [3.63, 3.8) is 0 Å². The summed E-state index contributed by atoms with van der Waals surface area (Å²) in [6, 6.07) is 10.7. The summed E-state index contributed by atoms with van der Waals surface area (Å²) in [5, 5.41) is 3.38. The van der Waals surface area contributed by atoms with E-state index in [1.807, 2.05) is 6.07 Å². The minimum Gasteiger partial charge on any atom is -0.321 e. The van der Waals surface area contributed by atoms with Crippen LogP contribution in [0.15, 0.2) is 40.2 Å². The van der Waals surface area contributed by atoms with Gasteiger partial charge in [-0.3, -0.25) is 4.79 Å². The van der Waals surface area contributed by atoms with E-state index in [9.17, 15) is 4.79 Å². The van der Waals surface area contributed by atoms with Gasteiger partial charge in [-0.2, -0.15) is 0 Å². The average Bonchev–Trinajstić information content (AvgIpc) is 2.65. The van der Waals surface area contributed by atoms with E-state index in [1.54, 1.807) is 30.3 Å². The molecular formula is C11H7BrClNOS. The van der Waals surface area contributed by atoms with E-state index in [0.717, 1.165) is 3.79 Å². The van der Waals surface area contributed by atoms with Crippen molar-refractivity contribution in [1.82, 2.24) is 0 Å². The van der Waals surface area contributed by atoms with Crippen molar-refractivity contribution in [1.29, 1.82) is 0 Å². The molecule has 0 aliphatic heterocycles. The van der Waals surface area contributed by atoms with Crippen LogP contribution in [0.2, 0.25) is 5.02 Å². The van der Waals surface area contributed by atoms with Crippen LogP contribution < -0.4 is 5.32 Å². The molecule has 0 fully saturated rings. The SMILES string of the molecule is O=C(Nc1cccc(Cl)c1)c1ccc(Br)s1. The highest BCUT2D eigenvalue weighted by molar-refractivity contribution is 9.11. The van der Waals surface area contributed by atoms with Crippen LogP contribution in [-0.4, -0.2) is 5.91 Å². The van der Waals surface area contributed by atoms with Crippen LogP contribution in [0.1, 0.15) is 9.67 Å². The van der Waals surface area contributed by atoms with E-state index in [2.05, 4.69) is 21.2 Å². The van der Waals surface area contributed by atoms with Crippen molar-refractivity contribution in [3.05, 3.63) is 50.1 Å². The molecule has 2 rings (SSSR count). The zero-order chi connectivity index (χ0) is 11.5. The first-order valence-electron chi connectivity index (χ1n) is 4.47. The summed E-state index contributed by atoms with van der Waals surface area (Å²) in [4.78, 5) is 12.4. The van der Waals surface area contributed by atoms with Crippen molar-refractivity contribution in [2.75, 3.05) is 5.32 Å². The monoisotopic (exact) mass is 315 g/mol. The third-order valence-electron chi connectivity index (χ3n) is 1.88. The number of carbonyl (C=O) groups is 1. The Morgan fingerprint density at radius 2 is 2.12 bits per heavy atom. The topological polar surface area (TPSA) is 29.1 Å². The minimum absolute atomic E-state index is 0.127. The van der Waals surface area contributed by atoms with Gasteiger partial charge in [0.1, 0.15) is 0 Å². The molecular weight excluding hydrogens is 310 g/mol. The minimum atomic E-state index is -0.127. The molecule has 2 aromatic rings. The van der Waals surface area contributed by atoms with Crippen molar-refractivity contribution in [2.24, 2.45) is 0 Å². The molecule has 0 aliphatic carbocycles. The number of anilines is 1. The number of thiophene rings is 1. The summed E-state index contributed by atoms with van der Waals surface area (Å²) in [5.74, 6) is -0.127. The number of hydrogen-bond donors (Lipinski definition) is 1. The second-order valence-corrected chi connectivity index (χ2v) is 5.97. The number of amides is 1. The highest BCUT2D eigenvalue weighted by atomic mass is 79.9. The molecule has 2 nitrogen and oxygen atoms in total. The standard InChI is InChI=1S/C11H7BrClNOS/c12-10-5-4-9(16-10)11(15)14-8-3-1-2-7(13)6-8/h1-6H,(H,14,15). The number of nitrogens with one attached hydrogen (secondary N) is 1. The van der Waals surface area contributed by atoms with E-state index < -0.39 is 0 Å². The summed E-state index contributed by atoms with van der Waals surface area (Å²) in [6.07, 6.45) is 0. The second-order valence-electron chi connectivity index (χ2n) is 3.07. The van der Waals surface area contributed by atoms with Crippen LogP contribution in [-0.2, 0) is 0 Å². The second kappa shape index (κ2) is 4.99. The Kier molecular flexibility index (Phi) is 3.63. The molecule has 1 aromatic heterocycles. The van der Waals surface area contributed by atoms with Crippen molar-refractivity contribution in [2.45, 2.75) is 0 Å². The van der Waals surface area contributed by atoms with Gasteiger partial charge in [0.2, 0.25) is 0 Å². The predicted octanol–water partition coefficient (Wildman–Crippen LogP) is 4.42. The Bertz CT molecular complexity index is 526. The summed E-state index contributed by atoms with van der Waals surface area (Å²) >= 11 is 10.5. The average molecular weight is 317 g/mol. The lowest BCUT2D eigenvalue weighted by molar-refractivity contribution is 0.103. The molecule has 16 heavy (non-hydrogen) atoms. The maximum atomic E-state index is 11.8. The number of halogens is 2. The molecule has 0 bridgehead atoms. The first kappa shape index (κ1) is 11.6. The van der Waals surface area contributed by atoms with Crippen LogP contribution in [0.3, 0.4) is 0 Å². The predicted molar refractivity (Wildman–Crippen MR) is 71.4 cm³/mol. The van der Waals surface area contributed by atoms with Gasteiger partial charge in [-0.1, -0.05) is 17.7 Å². The van der Waals surface area contributed by atoms with Crippen LogP contribution in [0.4, 0.5) is 5.69 Å². The Morgan fingerprint density at radius 1 is 1.31 bits per heavy atom. The molecule has 5 heteroatoms. The largest absolute Gasteiger partial charge is 0.321 e. The first-order valence-corrected chi connectivity index (χ1v) is 6.46. The molecule has 0 saturated carbocycles. The van der Waals surface area contributed by atoms with E-state index in [-0.39, 0.29) is 5.91 Å². The Hall–Kier alpha value is -0.840. The first-order chi connectivity index (χ1) is 7.65. The van der Waals surface area contributed by atoms with E-state index in [0.29, 0.717) is 15.6 Å². The van der Waals surface area contributed by atoms with Gasteiger partial charge in [-0.15, -0.1) is 11.3 Å². The Labute approximate surface area is 110 Å². The van der Waals surface area contributed by atoms with Crippen LogP contribution >= 0.6 is 38.9 Å². The van der Waals surface area contributed by atoms with Gasteiger partial charge in [0.05, 0.1) is 8.66 Å². The number of carbonyl (C=O) groups excluding carboxylic acids is 1. The van der Waals surface area contributed by atoms with Crippen molar-refractivity contribution < 1.29 is 4.79 Å². The fourth-order valence-electron chi connectivity index (χ4n) is 1.20. The highest BCUT2D eigenvalue weighted by Gasteiger charge is 2.08. The number of benzene rings is 1. The van der Waals surface area contributed by atoms with Gasteiger partial charge in [-0.05, 0) is 46.3 Å². The third kappa shape index (κ3) is 2.84. The lowest BCUT2D eigenvalue weighted by atomic mass is 10.3. The molecule has 0 saturated heterocycles. The van der Waals surface area contributed by atoms with Gasteiger partial charge in [-0.25, -0.2) is 0 Å². The van der Waals surface area contributed by atoms with E-state index in [4.69, 9.17) is 11.6 Å². The maximum absolute atomic E-state index is 11.8. The molecule has 1 amide bonds. The Morgan fingerprint density at radius 3 is 2.75 bits per heavy atom. The molecule has 0 atom stereocenters. The van der Waals surface area contributed by atoms with Gasteiger partial charge >= 0.3 is 0 Å². The fourth-order valence-corrected chi connectivity index (χ4v) is 2.67. The molecule has 1 aromatic carbocycles. The number of hydrogen-bond acceptors (Lipinski definition) is 2. The van der Waals surface area contributed by atoms with Gasteiger partial charge in [0.25, 0.3) is 5.91 Å². The summed E-state index contributed by atoms with van der Waals surface area (Å²) < 4.78 is 0.934. The van der Waals surface area contributed by atoms with Gasteiger partial charge in [0.15, 0.2) is 0 Å². The quantitative estimate of drug-likeness (QED) is 0.873. The van der Waals surface area contributed by atoms with Crippen LogP contribution in [0, 0.1) is 0 Å². The molecule has 0 radical (unpaired) electrons. The van der Waals surface area contributed by atoms with Crippen LogP contribution in [0.25, 0.3) is 0 Å². The van der Waals surface area contributed by atoms with E-state index >= 15 is 0 Å². The van der Waals surface area contributed by atoms with Crippen molar-refractivity contribution in [3.8, 4) is 0 Å². The molecule has 1 N–H and O–H groups in total. The highest BCUT2D eigenvalue weighted by Crippen LogP contribution is 2.23. The molecule has 82 valence electrons. The smallest absolute Gasteiger partial charge is 0.265 e.